The standard InChI is InChI=1S/C18H21ClN2O3/c1-14(22)21(9-7-15-4-2-5-16(19)12-15)10-8-18(23)20-13-17-6-3-11-24-17/h2-6,11-12H,7-10,13H2,1H3,(H,20,23). The minimum Gasteiger partial charge on any atom is -0.467 e. The molecule has 6 heteroatoms. The highest BCUT2D eigenvalue weighted by atomic mass is 35.5. The first kappa shape index (κ1) is 18.1. The molecule has 0 saturated heterocycles. The molecule has 128 valence electrons. The monoisotopic (exact) mass is 348 g/mol. The Balaban J connectivity index is 1.76. The van der Waals surface area contributed by atoms with Gasteiger partial charge in [0.15, 0.2) is 0 Å². The van der Waals surface area contributed by atoms with Gasteiger partial charge >= 0.3 is 0 Å². The molecule has 0 atom stereocenters. The van der Waals surface area contributed by atoms with E-state index in [1.807, 2.05) is 24.3 Å². The number of carbonyl (C=O) groups excluding carboxylic acids is 2. The molecular formula is C18H21ClN2O3. The van der Waals surface area contributed by atoms with Crippen molar-refractivity contribution in [2.45, 2.75) is 26.3 Å². The number of halogens is 1. The summed E-state index contributed by atoms with van der Waals surface area (Å²) >= 11 is 5.96. The SMILES string of the molecule is CC(=O)N(CCC(=O)NCc1ccco1)CCc1cccc(Cl)c1. The van der Waals surface area contributed by atoms with Crippen molar-refractivity contribution >= 4 is 23.4 Å². The number of carbonyl (C=O) groups is 2. The summed E-state index contributed by atoms with van der Waals surface area (Å²) < 4.78 is 5.15. The highest BCUT2D eigenvalue weighted by Gasteiger charge is 2.11. The maximum atomic E-state index is 11.9. The third-order valence-electron chi connectivity index (χ3n) is 3.65. The van der Waals surface area contributed by atoms with Crippen molar-refractivity contribution in [3.63, 3.8) is 0 Å². The summed E-state index contributed by atoms with van der Waals surface area (Å²) in [6.07, 6.45) is 2.53. The summed E-state index contributed by atoms with van der Waals surface area (Å²) in [7, 11) is 0. The van der Waals surface area contributed by atoms with Crippen molar-refractivity contribution in [1.29, 1.82) is 0 Å². The molecule has 2 aromatic rings. The summed E-state index contributed by atoms with van der Waals surface area (Å²) in [6, 6.07) is 11.1. The van der Waals surface area contributed by atoms with Crippen molar-refractivity contribution in [3.05, 3.63) is 59.0 Å². The van der Waals surface area contributed by atoms with E-state index >= 15 is 0 Å². The number of hydrogen-bond acceptors (Lipinski definition) is 3. The van der Waals surface area contributed by atoms with E-state index in [0.29, 0.717) is 36.8 Å². The quantitative estimate of drug-likeness (QED) is 0.797. The molecule has 0 fully saturated rings. The third kappa shape index (κ3) is 6.08. The molecule has 1 heterocycles. The van der Waals surface area contributed by atoms with Crippen LogP contribution in [0.3, 0.4) is 0 Å². The first-order valence-corrected chi connectivity index (χ1v) is 8.21. The number of benzene rings is 1. The number of rotatable bonds is 8. The Bertz CT molecular complexity index is 671. The van der Waals surface area contributed by atoms with Gasteiger partial charge in [0, 0.05) is 31.5 Å². The van der Waals surface area contributed by atoms with Gasteiger partial charge in [0.2, 0.25) is 11.8 Å². The zero-order valence-electron chi connectivity index (χ0n) is 13.6. The van der Waals surface area contributed by atoms with Gasteiger partial charge in [0.1, 0.15) is 5.76 Å². The summed E-state index contributed by atoms with van der Waals surface area (Å²) in [5, 5.41) is 3.45. The lowest BCUT2D eigenvalue weighted by molar-refractivity contribution is -0.129. The first-order valence-electron chi connectivity index (χ1n) is 7.83. The van der Waals surface area contributed by atoms with Crippen LogP contribution in [0.15, 0.2) is 47.1 Å². The van der Waals surface area contributed by atoms with Crippen LogP contribution in [0.25, 0.3) is 0 Å². The molecule has 2 amide bonds. The Labute approximate surface area is 146 Å². The molecule has 0 radical (unpaired) electrons. The lowest BCUT2D eigenvalue weighted by Gasteiger charge is -2.21. The Morgan fingerprint density at radius 2 is 2.04 bits per heavy atom. The van der Waals surface area contributed by atoms with Crippen molar-refractivity contribution < 1.29 is 14.0 Å². The lowest BCUT2D eigenvalue weighted by atomic mass is 10.1. The smallest absolute Gasteiger partial charge is 0.222 e. The Morgan fingerprint density at radius 1 is 1.21 bits per heavy atom. The zero-order chi connectivity index (χ0) is 17.4. The van der Waals surface area contributed by atoms with E-state index in [4.69, 9.17) is 16.0 Å². The second kappa shape index (κ2) is 9.13. The van der Waals surface area contributed by atoms with Crippen LogP contribution >= 0.6 is 11.6 Å². The maximum Gasteiger partial charge on any atom is 0.222 e. The van der Waals surface area contributed by atoms with Crippen LogP contribution in [0.5, 0.6) is 0 Å². The summed E-state index contributed by atoms with van der Waals surface area (Å²) in [4.78, 5) is 25.3. The topological polar surface area (TPSA) is 62.6 Å². The Kier molecular flexibility index (Phi) is 6.88. The van der Waals surface area contributed by atoms with Crippen LogP contribution in [0.4, 0.5) is 0 Å². The van der Waals surface area contributed by atoms with E-state index in [-0.39, 0.29) is 18.2 Å². The number of nitrogens with zero attached hydrogens (tertiary/aromatic N) is 1. The molecule has 2 rings (SSSR count). The molecule has 1 N–H and O–H groups in total. The van der Waals surface area contributed by atoms with E-state index in [1.165, 1.54) is 6.92 Å². The largest absolute Gasteiger partial charge is 0.467 e. The zero-order valence-corrected chi connectivity index (χ0v) is 14.4. The van der Waals surface area contributed by atoms with Gasteiger partial charge in [-0.05, 0) is 36.2 Å². The van der Waals surface area contributed by atoms with Crippen molar-refractivity contribution in [3.8, 4) is 0 Å². The average molecular weight is 349 g/mol. The van der Waals surface area contributed by atoms with Gasteiger partial charge in [-0.25, -0.2) is 0 Å². The molecule has 0 bridgehead atoms. The van der Waals surface area contributed by atoms with E-state index in [0.717, 1.165) is 5.56 Å². The fourth-order valence-corrected chi connectivity index (χ4v) is 2.52. The van der Waals surface area contributed by atoms with Crippen molar-refractivity contribution in [2.75, 3.05) is 13.1 Å². The molecule has 24 heavy (non-hydrogen) atoms. The molecule has 0 aliphatic carbocycles. The summed E-state index contributed by atoms with van der Waals surface area (Å²) in [6.45, 7) is 2.81. The van der Waals surface area contributed by atoms with E-state index in [1.54, 1.807) is 23.3 Å². The normalized spacial score (nSPS) is 10.4. The van der Waals surface area contributed by atoms with Gasteiger partial charge in [-0.2, -0.15) is 0 Å². The van der Waals surface area contributed by atoms with E-state index in [9.17, 15) is 9.59 Å². The molecule has 0 spiro atoms. The fraction of sp³-hybridized carbons (Fsp3) is 0.333. The van der Waals surface area contributed by atoms with Gasteiger partial charge in [0.05, 0.1) is 12.8 Å². The van der Waals surface area contributed by atoms with E-state index in [2.05, 4.69) is 5.32 Å². The fourth-order valence-electron chi connectivity index (χ4n) is 2.31. The number of nitrogens with one attached hydrogen (secondary N) is 1. The second-order valence-electron chi connectivity index (χ2n) is 5.49. The van der Waals surface area contributed by atoms with Gasteiger partial charge < -0.3 is 14.6 Å². The van der Waals surface area contributed by atoms with Crippen LogP contribution in [0.1, 0.15) is 24.7 Å². The second-order valence-corrected chi connectivity index (χ2v) is 5.93. The Morgan fingerprint density at radius 3 is 2.71 bits per heavy atom. The van der Waals surface area contributed by atoms with Gasteiger partial charge in [0.25, 0.3) is 0 Å². The third-order valence-corrected chi connectivity index (χ3v) is 3.89. The molecular weight excluding hydrogens is 328 g/mol. The lowest BCUT2D eigenvalue weighted by Crippen LogP contribution is -2.35. The minimum absolute atomic E-state index is 0.0455. The summed E-state index contributed by atoms with van der Waals surface area (Å²) in [5.74, 6) is 0.545. The molecule has 5 nitrogen and oxygen atoms in total. The molecule has 0 aliphatic heterocycles. The molecule has 1 aromatic carbocycles. The highest BCUT2D eigenvalue weighted by molar-refractivity contribution is 6.30. The molecule has 0 aliphatic rings. The molecule has 1 aromatic heterocycles. The van der Waals surface area contributed by atoms with Crippen molar-refractivity contribution in [2.24, 2.45) is 0 Å². The molecule has 0 saturated carbocycles. The van der Waals surface area contributed by atoms with Crippen LogP contribution in [-0.4, -0.2) is 29.8 Å². The minimum atomic E-state index is -0.111. The van der Waals surface area contributed by atoms with Crippen LogP contribution < -0.4 is 5.32 Å². The van der Waals surface area contributed by atoms with Crippen LogP contribution in [-0.2, 0) is 22.6 Å². The number of hydrogen-bond donors (Lipinski definition) is 1. The Hall–Kier alpha value is -2.27. The number of furan rings is 1. The average Bonchev–Trinajstić information content (AvgIpc) is 3.06. The predicted octanol–water partition coefficient (Wildman–Crippen LogP) is 3.03. The van der Waals surface area contributed by atoms with Gasteiger partial charge in [-0.1, -0.05) is 23.7 Å². The van der Waals surface area contributed by atoms with E-state index < -0.39 is 0 Å². The van der Waals surface area contributed by atoms with Crippen LogP contribution in [0, 0.1) is 0 Å². The summed E-state index contributed by atoms with van der Waals surface area (Å²) in [5.41, 5.74) is 1.07. The molecule has 0 unspecified atom stereocenters. The van der Waals surface area contributed by atoms with Gasteiger partial charge in [-0.15, -0.1) is 0 Å². The van der Waals surface area contributed by atoms with Gasteiger partial charge in [-0.3, -0.25) is 9.59 Å². The predicted molar refractivity (Wildman–Crippen MR) is 92.6 cm³/mol. The maximum absolute atomic E-state index is 11.9. The highest BCUT2D eigenvalue weighted by Crippen LogP contribution is 2.11. The van der Waals surface area contributed by atoms with Crippen LogP contribution in [0.2, 0.25) is 5.02 Å². The first-order chi connectivity index (χ1) is 11.5. The number of amides is 2. The van der Waals surface area contributed by atoms with Crippen molar-refractivity contribution in [1.82, 2.24) is 10.2 Å².